The normalized spacial score (nSPS) is 64.0. The summed E-state index contributed by atoms with van der Waals surface area (Å²) in [6.45, 7) is 4.57. The number of fused-ring (bicyclic) bond motifs is 3. The molecule has 1 heterocycles. The van der Waals surface area contributed by atoms with Crippen molar-refractivity contribution in [2.45, 2.75) is 31.3 Å². The van der Waals surface area contributed by atoms with Gasteiger partial charge < -0.3 is 4.74 Å². The molecule has 1 aromatic carbocycles. The van der Waals surface area contributed by atoms with E-state index in [0.29, 0.717) is 5.41 Å². The van der Waals surface area contributed by atoms with Gasteiger partial charge in [0.15, 0.2) is 0 Å². The highest BCUT2D eigenvalue weighted by atomic mass is 16.5. The van der Waals surface area contributed by atoms with Crippen molar-refractivity contribution in [3.63, 3.8) is 0 Å². The number of rotatable bonds is 0. The molecule has 0 saturated heterocycles. The lowest BCUT2D eigenvalue weighted by Gasteiger charge is -2.35. The molecule has 4 saturated carbocycles. The molecule has 2 spiro atoms. The molecular formula is C15H14O. The number of hydrogen-bond acceptors (Lipinski definition) is 1. The predicted octanol–water partition coefficient (Wildman–Crippen LogP) is 2.66. The van der Waals surface area contributed by atoms with Crippen LogP contribution < -0.4 is 4.74 Å². The van der Waals surface area contributed by atoms with Gasteiger partial charge in [-0.25, -0.2) is 0 Å². The Bertz CT molecular complexity index is 605. The van der Waals surface area contributed by atoms with Gasteiger partial charge in [0.25, 0.3) is 0 Å². The van der Waals surface area contributed by atoms with Crippen LogP contribution in [-0.4, -0.2) is 5.60 Å². The molecular weight excluding hydrogens is 196 g/mol. The fourth-order valence-corrected chi connectivity index (χ4v) is 6.32. The van der Waals surface area contributed by atoms with Gasteiger partial charge in [-0.05, 0) is 49.5 Å². The molecule has 4 aliphatic carbocycles. The number of ether oxygens (including phenoxy) is 1. The van der Waals surface area contributed by atoms with E-state index in [1.807, 2.05) is 0 Å². The van der Waals surface area contributed by atoms with E-state index in [-0.39, 0.29) is 5.60 Å². The van der Waals surface area contributed by atoms with Crippen molar-refractivity contribution >= 4 is 0 Å². The summed E-state index contributed by atoms with van der Waals surface area (Å²) in [6.07, 6.45) is 1.32. The van der Waals surface area contributed by atoms with Gasteiger partial charge in [-0.1, -0.05) is 17.7 Å². The van der Waals surface area contributed by atoms with Gasteiger partial charge in [-0.15, -0.1) is 0 Å². The minimum absolute atomic E-state index is 0.160. The van der Waals surface area contributed by atoms with Crippen molar-refractivity contribution in [1.29, 1.82) is 0 Å². The average molecular weight is 210 g/mol. The fraction of sp³-hybridized carbons (Fsp3) is 0.600. The summed E-state index contributed by atoms with van der Waals surface area (Å²) in [5.41, 5.74) is 4.37. The van der Waals surface area contributed by atoms with E-state index in [1.54, 1.807) is 5.56 Å². The van der Waals surface area contributed by atoms with Crippen molar-refractivity contribution in [2.75, 3.05) is 0 Å². The smallest absolute Gasteiger partial charge is 0.124 e. The first-order chi connectivity index (χ1) is 7.68. The molecule has 0 amide bonds. The van der Waals surface area contributed by atoms with Crippen LogP contribution in [0.4, 0.5) is 0 Å². The topological polar surface area (TPSA) is 9.23 Å². The van der Waals surface area contributed by atoms with Gasteiger partial charge in [-0.3, -0.25) is 0 Å². The summed E-state index contributed by atoms with van der Waals surface area (Å²) < 4.78 is 6.33. The average Bonchev–Trinajstić information content (AvgIpc) is 3.11. The minimum atomic E-state index is 0.160. The van der Waals surface area contributed by atoms with Crippen molar-refractivity contribution in [1.82, 2.24) is 0 Å². The van der Waals surface area contributed by atoms with E-state index in [9.17, 15) is 0 Å². The van der Waals surface area contributed by atoms with Crippen LogP contribution in [0.1, 0.15) is 24.5 Å². The second kappa shape index (κ2) is 1.48. The highest BCUT2D eigenvalue weighted by Crippen LogP contribution is 3.15. The Hall–Kier alpha value is -0.980. The first-order valence-corrected chi connectivity index (χ1v) is 6.48. The van der Waals surface area contributed by atoms with Crippen LogP contribution >= 0.6 is 0 Å². The van der Waals surface area contributed by atoms with Gasteiger partial charge >= 0.3 is 0 Å². The van der Waals surface area contributed by atoms with Crippen LogP contribution in [0.25, 0.3) is 0 Å². The molecule has 0 bridgehead atoms. The minimum Gasteiger partial charge on any atom is -0.486 e. The third kappa shape index (κ3) is 0.363. The Labute approximate surface area is 94.8 Å². The Morgan fingerprint density at radius 2 is 2.25 bits per heavy atom. The second-order valence-corrected chi connectivity index (χ2v) is 6.89. The largest absolute Gasteiger partial charge is 0.486 e. The lowest BCUT2D eigenvalue weighted by Crippen LogP contribution is -2.44. The number of hydrogen-bond donors (Lipinski definition) is 0. The molecule has 4 fully saturated rings. The maximum absolute atomic E-state index is 6.33. The standard InChI is InChI=1S/C15H14O/c1-7-3-4-10-8(5-7)15-12-11-9(14(11,12)15)6-13(15,2)16-10/h3-5,9,11-12H,6H2,1-2H3. The molecule has 1 aromatic rings. The van der Waals surface area contributed by atoms with Crippen molar-refractivity contribution in [3.8, 4) is 5.75 Å². The summed E-state index contributed by atoms with van der Waals surface area (Å²) in [7, 11) is 0. The van der Waals surface area contributed by atoms with E-state index in [4.69, 9.17) is 4.74 Å². The first-order valence-electron chi connectivity index (χ1n) is 6.48. The Kier molecular flexibility index (Phi) is 0.683. The zero-order valence-electron chi connectivity index (χ0n) is 9.58. The van der Waals surface area contributed by atoms with Crippen molar-refractivity contribution in [2.24, 2.45) is 23.2 Å². The van der Waals surface area contributed by atoms with Gasteiger partial charge in [0.1, 0.15) is 11.4 Å². The molecule has 0 radical (unpaired) electrons. The summed E-state index contributed by atoms with van der Waals surface area (Å²) in [5, 5.41) is 0. The fourth-order valence-electron chi connectivity index (χ4n) is 6.32. The van der Waals surface area contributed by atoms with Gasteiger partial charge in [0, 0.05) is 11.0 Å². The summed E-state index contributed by atoms with van der Waals surface area (Å²) in [6, 6.07) is 6.79. The van der Waals surface area contributed by atoms with Crippen LogP contribution in [0, 0.1) is 30.1 Å². The van der Waals surface area contributed by atoms with Gasteiger partial charge in [0.2, 0.25) is 0 Å². The maximum Gasteiger partial charge on any atom is 0.124 e. The predicted molar refractivity (Wildman–Crippen MR) is 59.4 cm³/mol. The van der Waals surface area contributed by atoms with Crippen LogP contribution in [0.3, 0.4) is 0 Å². The van der Waals surface area contributed by atoms with Crippen LogP contribution in [0.2, 0.25) is 0 Å². The quantitative estimate of drug-likeness (QED) is 0.639. The Morgan fingerprint density at radius 3 is 3.06 bits per heavy atom. The monoisotopic (exact) mass is 210 g/mol. The van der Waals surface area contributed by atoms with Crippen LogP contribution in [0.5, 0.6) is 5.75 Å². The zero-order chi connectivity index (χ0) is 10.5. The molecule has 0 N–H and O–H groups in total. The zero-order valence-corrected chi connectivity index (χ0v) is 9.58. The van der Waals surface area contributed by atoms with E-state index < -0.39 is 0 Å². The summed E-state index contributed by atoms with van der Waals surface area (Å²) in [5.74, 6) is 4.37. The molecule has 1 nitrogen and oxygen atoms in total. The second-order valence-electron chi connectivity index (χ2n) is 6.89. The van der Waals surface area contributed by atoms with E-state index in [1.165, 1.54) is 17.7 Å². The number of aryl methyl sites for hydroxylation is 1. The molecule has 6 rings (SSSR count). The van der Waals surface area contributed by atoms with Crippen LogP contribution in [0.15, 0.2) is 18.2 Å². The molecule has 16 heavy (non-hydrogen) atoms. The molecule has 0 aromatic heterocycles. The highest BCUT2D eigenvalue weighted by Gasteiger charge is 3.17. The molecule has 1 heteroatoms. The van der Waals surface area contributed by atoms with Crippen LogP contribution in [-0.2, 0) is 5.41 Å². The molecule has 80 valence electrons. The molecule has 1 aliphatic heterocycles. The lowest BCUT2D eigenvalue weighted by molar-refractivity contribution is 0.0420. The van der Waals surface area contributed by atoms with E-state index >= 15 is 0 Å². The van der Waals surface area contributed by atoms with Gasteiger partial charge in [0.05, 0.1) is 0 Å². The lowest BCUT2D eigenvalue weighted by atomic mass is 9.72. The molecule has 6 unspecified atom stereocenters. The van der Waals surface area contributed by atoms with Crippen molar-refractivity contribution in [3.05, 3.63) is 29.3 Å². The highest BCUT2D eigenvalue weighted by molar-refractivity contribution is 5.75. The Balaban J connectivity index is 1.72. The SMILES string of the molecule is Cc1ccc2c(c1)C13C4C5C(CC1(C)O2)C543. The van der Waals surface area contributed by atoms with Gasteiger partial charge in [-0.2, -0.15) is 0 Å². The molecule has 6 atom stereocenters. The first kappa shape index (κ1) is 7.37. The molecule has 5 aliphatic rings. The summed E-state index contributed by atoms with van der Waals surface area (Å²) >= 11 is 0. The third-order valence-electron chi connectivity index (χ3n) is 6.66. The van der Waals surface area contributed by atoms with E-state index in [0.717, 1.165) is 23.2 Å². The van der Waals surface area contributed by atoms with Crippen molar-refractivity contribution < 1.29 is 4.74 Å². The maximum atomic E-state index is 6.33. The summed E-state index contributed by atoms with van der Waals surface area (Å²) in [4.78, 5) is 0. The third-order valence-corrected chi connectivity index (χ3v) is 6.66. The number of benzene rings is 1. The Morgan fingerprint density at radius 1 is 1.38 bits per heavy atom. The van der Waals surface area contributed by atoms with E-state index in [2.05, 4.69) is 32.0 Å².